The highest BCUT2D eigenvalue weighted by atomic mass is 35.5. The molecule has 3 heterocycles. The number of para-hydroxylation sites is 2. The number of benzene rings is 1. The molecule has 28 heavy (non-hydrogen) atoms. The van der Waals surface area contributed by atoms with E-state index in [0.717, 1.165) is 48.6 Å². The molecule has 1 unspecified atom stereocenters. The number of anilines is 1. The number of piperidine rings is 1. The van der Waals surface area contributed by atoms with Gasteiger partial charge >= 0.3 is 0 Å². The van der Waals surface area contributed by atoms with E-state index < -0.39 is 0 Å². The van der Waals surface area contributed by atoms with Crippen molar-refractivity contribution in [1.29, 1.82) is 0 Å². The van der Waals surface area contributed by atoms with Crippen molar-refractivity contribution in [2.24, 2.45) is 7.05 Å². The number of hydrogen-bond donors (Lipinski definition) is 1. The third kappa shape index (κ3) is 3.97. The third-order valence-corrected chi connectivity index (χ3v) is 5.56. The van der Waals surface area contributed by atoms with E-state index in [2.05, 4.69) is 28.0 Å². The molecule has 1 fully saturated rings. The molecule has 1 saturated heterocycles. The van der Waals surface area contributed by atoms with Gasteiger partial charge < -0.3 is 14.8 Å². The lowest BCUT2D eigenvalue weighted by Crippen LogP contribution is -2.40. The number of amides is 1. The number of carbonyl (C=O) groups is 1. The van der Waals surface area contributed by atoms with Crippen LogP contribution in [0.15, 0.2) is 42.6 Å². The Kier molecular flexibility index (Phi) is 5.48. The molecule has 3 aromatic rings. The molecule has 0 radical (unpaired) electrons. The number of halogens is 1. The maximum atomic E-state index is 12.7. The van der Waals surface area contributed by atoms with Crippen LogP contribution in [-0.4, -0.2) is 45.0 Å². The van der Waals surface area contributed by atoms with Gasteiger partial charge in [0.25, 0.3) is 0 Å². The Morgan fingerprint density at radius 1 is 1.29 bits per heavy atom. The first kappa shape index (κ1) is 18.7. The van der Waals surface area contributed by atoms with Crippen LogP contribution in [0.2, 0.25) is 5.02 Å². The van der Waals surface area contributed by atoms with Crippen LogP contribution in [0.25, 0.3) is 11.0 Å². The molecule has 4 rings (SSSR count). The molecular weight excluding hydrogens is 374 g/mol. The minimum atomic E-state index is 0.171. The second-order valence-corrected chi connectivity index (χ2v) is 7.67. The van der Waals surface area contributed by atoms with Gasteiger partial charge in [-0.25, -0.2) is 9.97 Å². The number of fused-ring (bicyclic) bond motifs is 1. The molecule has 1 amide bonds. The Hall–Kier alpha value is -2.60. The fraction of sp³-hybridized carbons (Fsp3) is 0.381. The van der Waals surface area contributed by atoms with Crippen molar-refractivity contribution in [2.45, 2.75) is 25.2 Å². The first-order valence-corrected chi connectivity index (χ1v) is 10.0. The summed E-state index contributed by atoms with van der Waals surface area (Å²) in [6.45, 7) is 2.11. The van der Waals surface area contributed by atoms with Crippen molar-refractivity contribution in [3.63, 3.8) is 0 Å². The molecule has 0 aliphatic carbocycles. The summed E-state index contributed by atoms with van der Waals surface area (Å²) in [6.07, 6.45) is 4.11. The molecule has 7 heteroatoms. The number of hydrogen-bond acceptors (Lipinski definition) is 4. The number of nitrogens with one attached hydrogen (secondary N) is 1. The number of imidazole rings is 1. The third-order valence-electron chi connectivity index (χ3n) is 5.33. The minimum absolute atomic E-state index is 0.171. The molecule has 1 aromatic carbocycles. The number of nitrogens with zero attached hydrogens (tertiary/aromatic N) is 4. The van der Waals surface area contributed by atoms with E-state index in [4.69, 9.17) is 16.6 Å². The standard InChI is InChI=1S/C21H24ClN5O/c1-26-18-7-3-2-6-17(18)25-21(26)15-5-4-12-27(14-15)20(28)10-11-23-19-9-8-16(22)13-24-19/h2-3,6-9,13,15H,4-5,10-12,14H2,1H3,(H,23,24). The van der Waals surface area contributed by atoms with Gasteiger partial charge in [0, 0.05) is 45.2 Å². The average Bonchev–Trinajstić information content (AvgIpc) is 3.06. The van der Waals surface area contributed by atoms with Gasteiger partial charge in [-0.3, -0.25) is 4.79 Å². The van der Waals surface area contributed by atoms with Gasteiger partial charge in [-0.1, -0.05) is 23.7 Å². The van der Waals surface area contributed by atoms with Crippen molar-refractivity contribution in [3.05, 3.63) is 53.4 Å². The number of rotatable bonds is 5. The Balaban J connectivity index is 1.36. The summed E-state index contributed by atoms with van der Waals surface area (Å²) in [6, 6.07) is 11.8. The Morgan fingerprint density at radius 2 is 2.14 bits per heavy atom. The van der Waals surface area contributed by atoms with E-state index in [0.29, 0.717) is 18.0 Å². The van der Waals surface area contributed by atoms with Gasteiger partial charge in [-0.2, -0.15) is 0 Å². The van der Waals surface area contributed by atoms with E-state index in [1.54, 1.807) is 12.3 Å². The second kappa shape index (κ2) is 8.19. The molecule has 0 saturated carbocycles. The van der Waals surface area contributed by atoms with Crippen molar-refractivity contribution in [1.82, 2.24) is 19.4 Å². The monoisotopic (exact) mass is 397 g/mol. The van der Waals surface area contributed by atoms with Crippen LogP contribution < -0.4 is 5.32 Å². The molecule has 1 atom stereocenters. The Morgan fingerprint density at radius 3 is 2.93 bits per heavy atom. The van der Waals surface area contributed by atoms with E-state index in [1.807, 2.05) is 29.2 Å². The van der Waals surface area contributed by atoms with Gasteiger partial charge in [0.05, 0.1) is 16.1 Å². The number of pyridine rings is 1. The Bertz CT molecular complexity index is 969. The number of aromatic nitrogens is 3. The zero-order valence-electron chi connectivity index (χ0n) is 15.9. The van der Waals surface area contributed by atoms with Gasteiger partial charge in [0.1, 0.15) is 11.6 Å². The molecule has 1 N–H and O–H groups in total. The molecule has 146 valence electrons. The van der Waals surface area contributed by atoms with Gasteiger partial charge in [0.15, 0.2) is 0 Å². The lowest BCUT2D eigenvalue weighted by atomic mass is 9.97. The van der Waals surface area contributed by atoms with Gasteiger partial charge in [0.2, 0.25) is 5.91 Å². The van der Waals surface area contributed by atoms with Crippen molar-refractivity contribution in [2.75, 3.05) is 25.0 Å². The molecule has 2 aromatic heterocycles. The summed E-state index contributed by atoms with van der Waals surface area (Å²) < 4.78 is 2.17. The van der Waals surface area contributed by atoms with Crippen LogP contribution in [0.5, 0.6) is 0 Å². The number of carbonyl (C=O) groups excluding carboxylic acids is 1. The highest BCUT2D eigenvalue weighted by Gasteiger charge is 2.27. The summed E-state index contributed by atoms with van der Waals surface area (Å²) in [4.78, 5) is 23.7. The first-order chi connectivity index (χ1) is 13.6. The molecule has 1 aliphatic rings. The van der Waals surface area contributed by atoms with Crippen molar-refractivity contribution in [3.8, 4) is 0 Å². The summed E-state index contributed by atoms with van der Waals surface area (Å²) in [7, 11) is 2.06. The second-order valence-electron chi connectivity index (χ2n) is 7.24. The van der Waals surface area contributed by atoms with Crippen LogP contribution in [0.4, 0.5) is 5.82 Å². The number of likely N-dealkylation sites (tertiary alicyclic amines) is 1. The summed E-state index contributed by atoms with van der Waals surface area (Å²) in [5, 5.41) is 3.78. The highest BCUT2D eigenvalue weighted by molar-refractivity contribution is 6.30. The maximum Gasteiger partial charge on any atom is 0.224 e. The number of aryl methyl sites for hydroxylation is 1. The van der Waals surface area contributed by atoms with Gasteiger partial charge in [-0.15, -0.1) is 0 Å². The van der Waals surface area contributed by atoms with Crippen LogP contribution in [0.1, 0.15) is 31.0 Å². The van der Waals surface area contributed by atoms with Crippen LogP contribution in [0.3, 0.4) is 0 Å². The molecule has 0 bridgehead atoms. The average molecular weight is 398 g/mol. The summed E-state index contributed by atoms with van der Waals surface area (Å²) in [5.74, 6) is 2.25. The molecule has 6 nitrogen and oxygen atoms in total. The van der Waals surface area contributed by atoms with E-state index in [9.17, 15) is 4.79 Å². The predicted octanol–water partition coefficient (Wildman–Crippen LogP) is 3.83. The Labute approximate surface area is 169 Å². The normalized spacial score (nSPS) is 17.1. The quantitative estimate of drug-likeness (QED) is 0.710. The molecule has 0 spiro atoms. The summed E-state index contributed by atoms with van der Waals surface area (Å²) >= 11 is 5.84. The van der Waals surface area contributed by atoms with E-state index in [1.165, 1.54) is 0 Å². The zero-order chi connectivity index (χ0) is 19.5. The zero-order valence-corrected chi connectivity index (χ0v) is 16.7. The topological polar surface area (TPSA) is 63.1 Å². The fourth-order valence-corrected chi connectivity index (χ4v) is 3.99. The fourth-order valence-electron chi connectivity index (χ4n) is 3.88. The minimum Gasteiger partial charge on any atom is -0.370 e. The smallest absolute Gasteiger partial charge is 0.224 e. The predicted molar refractivity (Wildman–Crippen MR) is 112 cm³/mol. The lowest BCUT2D eigenvalue weighted by molar-refractivity contribution is -0.132. The van der Waals surface area contributed by atoms with Crippen LogP contribution in [-0.2, 0) is 11.8 Å². The largest absolute Gasteiger partial charge is 0.370 e. The van der Waals surface area contributed by atoms with Gasteiger partial charge in [-0.05, 0) is 37.1 Å². The van der Waals surface area contributed by atoms with Crippen molar-refractivity contribution >= 4 is 34.4 Å². The SMILES string of the molecule is Cn1c(C2CCCN(C(=O)CCNc3ccc(Cl)cn3)C2)nc2ccccc21. The molecular formula is C21H24ClN5O. The van der Waals surface area contributed by atoms with E-state index >= 15 is 0 Å². The lowest BCUT2D eigenvalue weighted by Gasteiger charge is -2.32. The van der Waals surface area contributed by atoms with Crippen LogP contribution >= 0.6 is 11.6 Å². The summed E-state index contributed by atoms with van der Waals surface area (Å²) in [5.41, 5.74) is 2.16. The highest BCUT2D eigenvalue weighted by Crippen LogP contribution is 2.28. The van der Waals surface area contributed by atoms with Crippen LogP contribution in [0, 0.1) is 0 Å². The van der Waals surface area contributed by atoms with Crippen molar-refractivity contribution < 1.29 is 4.79 Å². The maximum absolute atomic E-state index is 12.7. The molecule has 1 aliphatic heterocycles. The van der Waals surface area contributed by atoms with E-state index in [-0.39, 0.29) is 11.8 Å². The first-order valence-electron chi connectivity index (χ1n) is 9.66.